The van der Waals surface area contributed by atoms with Crippen molar-refractivity contribution >= 4 is 5.78 Å². The third-order valence-corrected chi connectivity index (χ3v) is 4.32. The zero-order valence-corrected chi connectivity index (χ0v) is 13.5. The first-order valence-corrected chi connectivity index (χ1v) is 7.85. The molecule has 0 aliphatic heterocycles. The Morgan fingerprint density at radius 2 is 1.22 bits per heavy atom. The Morgan fingerprint density at radius 1 is 0.696 bits per heavy atom. The molecular formula is C22H20O. The highest BCUT2D eigenvalue weighted by Gasteiger charge is 2.31. The summed E-state index contributed by atoms with van der Waals surface area (Å²) in [7, 11) is 0. The number of benzene rings is 3. The van der Waals surface area contributed by atoms with Crippen molar-refractivity contribution in [1.29, 1.82) is 0 Å². The Hall–Kier alpha value is -2.67. The molecule has 0 saturated heterocycles. The Bertz CT molecular complexity index is 802. The number of carbonyl (C=O) groups excluding carboxylic acids is 1. The molecule has 0 unspecified atom stereocenters. The molecule has 0 amide bonds. The van der Waals surface area contributed by atoms with Gasteiger partial charge in [-0.1, -0.05) is 84.9 Å². The van der Waals surface area contributed by atoms with Gasteiger partial charge in [-0.2, -0.15) is 0 Å². The van der Waals surface area contributed by atoms with Crippen molar-refractivity contribution in [3.05, 3.63) is 96.1 Å². The summed E-state index contributed by atoms with van der Waals surface area (Å²) in [6.45, 7) is 3.98. The fourth-order valence-electron chi connectivity index (χ4n) is 2.87. The summed E-state index contributed by atoms with van der Waals surface area (Å²) < 4.78 is 0. The van der Waals surface area contributed by atoms with E-state index in [-0.39, 0.29) is 5.78 Å². The fourth-order valence-corrected chi connectivity index (χ4v) is 2.87. The second-order valence-corrected chi connectivity index (χ2v) is 6.23. The fraction of sp³-hybridized carbons (Fsp3) is 0.136. The monoisotopic (exact) mass is 300 g/mol. The van der Waals surface area contributed by atoms with Crippen LogP contribution in [0.2, 0.25) is 0 Å². The zero-order chi connectivity index (χ0) is 16.3. The second-order valence-electron chi connectivity index (χ2n) is 6.23. The lowest BCUT2D eigenvalue weighted by atomic mass is 9.76. The van der Waals surface area contributed by atoms with Crippen LogP contribution in [0.4, 0.5) is 0 Å². The van der Waals surface area contributed by atoms with Crippen molar-refractivity contribution in [2.45, 2.75) is 19.3 Å². The standard InChI is InChI=1S/C22H20O/c1-22(2,18-13-7-4-8-14-18)21(23)20-16-10-9-15-19(20)17-11-5-3-6-12-17/h3-16H,1-2H3. The van der Waals surface area contributed by atoms with Crippen LogP contribution in [-0.2, 0) is 5.41 Å². The van der Waals surface area contributed by atoms with Crippen molar-refractivity contribution in [2.24, 2.45) is 0 Å². The maximum atomic E-state index is 13.3. The lowest BCUT2D eigenvalue weighted by molar-refractivity contribution is 0.0909. The summed E-state index contributed by atoms with van der Waals surface area (Å²) in [5.74, 6) is 0.142. The minimum atomic E-state index is -0.563. The molecule has 0 saturated carbocycles. The van der Waals surface area contributed by atoms with Gasteiger partial charge >= 0.3 is 0 Å². The van der Waals surface area contributed by atoms with Gasteiger partial charge in [0, 0.05) is 5.56 Å². The van der Waals surface area contributed by atoms with E-state index in [1.54, 1.807) is 0 Å². The number of hydrogen-bond donors (Lipinski definition) is 0. The van der Waals surface area contributed by atoms with Crippen molar-refractivity contribution in [3.8, 4) is 11.1 Å². The zero-order valence-electron chi connectivity index (χ0n) is 13.5. The van der Waals surface area contributed by atoms with Gasteiger partial charge in [0.2, 0.25) is 0 Å². The molecule has 0 bridgehead atoms. The van der Waals surface area contributed by atoms with Crippen LogP contribution in [0.1, 0.15) is 29.8 Å². The van der Waals surface area contributed by atoms with Crippen LogP contribution in [0.25, 0.3) is 11.1 Å². The molecule has 1 heteroatoms. The van der Waals surface area contributed by atoms with E-state index in [1.807, 2.05) is 98.8 Å². The molecular weight excluding hydrogens is 280 g/mol. The first kappa shape index (κ1) is 15.2. The average Bonchev–Trinajstić information content (AvgIpc) is 2.62. The molecule has 3 rings (SSSR count). The molecule has 1 nitrogen and oxygen atoms in total. The average molecular weight is 300 g/mol. The molecule has 0 N–H and O–H groups in total. The van der Waals surface area contributed by atoms with Gasteiger partial charge in [0.15, 0.2) is 5.78 Å². The number of rotatable bonds is 4. The van der Waals surface area contributed by atoms with Gasteiger partial charge in [-0.3, -0.25) is 4.79 Å². The lowest BCUT2D eigenvalue weighted by Gasteiger charge is -2.25. The van der Waals surface area contributed by atoms with Gasteiger partial charge in [-0.25, -0.2) is 0 Å². The van der Waals surface area contributed by atoms with Crippen LogP contribution >= 0.6 is 0 Å². The Balaban J connectivity index is 2.08. The number of hydrogen-bond acceptors (Lipinski definition) is 1. The van der Waals surface area contributed by atoms with Crippen LogP contribution in [0.15, 0.2) is 84.9 Å². The number of ketones is 1. The van der Waals surface area contributed by atoms with E-state index in [2.05, 4.69) is 0 Å². The van der Waals surface area contributed by atoms with Gasteiger partial charge in [-0.05, 0) is 30.5 Å². The second kappa shape index (κ2) is 6.21. The summed E-state index contributed by atoms with van der Waals surface area (Å²) in [5.41, 5.74) is 3.30. The number of carbonyl (C=O) groups is 1. The predicted octanol–water partition coefficient (Wildman–Crippen LogP) is 5.51. The molecule has 0 fully saturated rings. The van der Waals surface area contributed by atoms with Crippen LogP contribution in [0.5, 0.6) is 0 Å². The van der Waals surface area contributed by atoms with E-state index in [0.717, 1.165) is 22.3 Å². The minimum Gasteiger partial charge on any atom is -0.293 e. The molecule has 0 aliphatic rings. The Morgan fingerprint density at radius 3 is 1.87 bits per heavy atom. The minimum absolute atomic E-state index is 0.142. The van der Waals surface area contributed by atoms with Crippen LogP contribution < -0.4 is 0 Å². The van der Waals surface area contributed by atoms with E-state index in [4.69, 9.17) is 0 Å². The maximum absolute atomic E-state index is 13.3. The molecule has 3 aromatic rings. The molecule has 0 aliphatic carbocycles. The van der Waals surface area contributed by atoms with Crippen LogP contribution in [-0.4, -0.2) is 5.78 Å². The first-order valence-electron chi connectivity index (χ1n) is 7.85. The smallest absolute Gasteiger partial charge is 0.173 e. The molecule has 0 spiro atoms. The van der Waals surface area contributed by atoms with Gasteiger partial charge in [-0.15, -0.1) is 0 Å². The summed E-state index contributed by atoms with van der Waals surface area (Å²) in [4.78, 5) is 13.3. The third kappa shape index (κ3) is 2.95. The summed E-state index contributed by atoms with van der Waals surface area (Å²) in [6.07, 6.45) is 0. The molecule has 114 valence electrons. The molecule has 0 heterocycles. The SMILES string of the molecule is CC(C)(C(=O)c1ccccc1-c1ccccc1)c1ccccc1. The van der Waals surface area contributed by atoms with Crippen molar-refractivity contribution in [3.63, 3.8) is 0 Å². The summed E-state index contributed by atoms with van der Waals surface area (Å²) in [6, 6.07) is 27.9. The summed E-state index contributed by atoms with van der Waals surface area (Å²) in [5, 5.41) is 0. The molecule has 0 radical (unpaired) electrons. The summed E-state index contributed by atoms with van der Waals surface area (Å²) >= 11 is 0. The van der Waals surface area contributed by atoms with Crippen molar-refractivity contribution in [2.75, 3.05) is 0 Å². The molecule has 23 heavy (non-hydrogen) atoms. The highest BCUT2D eigenvalue weighted by molar-refractivity contribution is 6.08. The van der Waals surface area contributed by atoms with E-state index >= 15 is 0 Å². The van der Waals surface area contributed by atoms with E-state index in [9.17, 15) is 4.79 Å². The Labute approximate surface area is 137 Å². The van der Waals surface area contributed by atoms with E-state index < -0.39 is 5.41 Å². The highest BCUT2D eigenvalue weighted by Crippen LogP contribution is 2.32. The molecule has 3 aromatic carbocycles. The predicted molar refractivity (Wildman–Crippen MR) is 95.7 cm³/mol. The largest absolute Gasteiger partial charge is 0.293 e. The molecule has 0 aromatic heterocycles. The normalized spacial score (nSPS) is 11.2. The van der Waals surface area contributed by atoms with Crippen molar-refractivity contribution in [1.82, 2.24) is 0 Å². The van der Waals surface area contributed by atoms with E-state index in [0.29, 0.717) is 0 Å². The van der Waals surface area contributed by atoms with Gasteiger partial charge in [0.05, 0.1) is 5.41 Å². The maximum Gasteiger partial charge on any atom is 0.173 e. The third-order valence-electron chi connectivity index (χ3n) is 4.32. The first-order chi connectivity index (χ1) is 11.1. The van der Waals surface area contributed by atoms with Gasteiger partial charge in [0.25, 0.3) is 0 Å². The lowest BCUT2D eigenvalue weighted by Crippen LogP contribution is -2.29. The Kier molecular flexibility index (Phi) is 4.12. The van der Waals surface area contributed by atoms with Gasteiger partial charge < -0.3 is 0 Å². The van der Waals surface area contributed by atoms with Crippen LogP contribution in [0.3, 0.4) is 0 Å². The van der Waals surface area contributed by atoms with Crippen LogP contribution in [0, 0.1) is 0 Å². The topological polar surface area (TPSA) is 17.1 Å². The highest BCUT2D eigenvalue weighted by atomic mass is 16.1. The number of Topliss-reactive ketones (excluding diaryl/α,β-unsaturated/α-hetero) is 1. The van der Waals surface area contributed by atoms with E-state index in [1.165, 1.54) is 0 Å². The van der Waals surface area contributed by atoms with Crippen molar-refractivity contribution < 1.29 is 4.79 Å². The molecule has 0 atom stereocenters. The quantitative estimate of drug-likeness (QED) is 0.580. The van der Waals surface area contributed by atoms with Gasteiger partial charge in [0.1, 0.15) is 0 Å².